The molecule has 0 aliphatic carbocycles. The molecule has 0 bridgehead atoms. The number of benzene rings is 2. The second kappa shape index (κ2) is 62.3. The molecule has 0 radical (unpaired) electrons. The number of hydrogen-bond donors (Lipinski definition) is 2. The van der Waals surface area contributed by atoms with Gasteiger partial charge in [0.15, 0.2) is 29.0 Å². The van der Waals surface area contributed by atoms with Crippen molar-refractivity contribution in [3.05, 3.63) is 95.1 Å². The van der Waals surface area contributed by atoms with Crippen LogP contribution < -0.4 is 11.5 Å². The number of fused-ring (bicyclic) bond motifs is 2. The second-order valence-corrected chi connectivity index (χ2v) is 34.9. The maximum absolute atomic E-state index is 14.2. The molecule has 0 unspecified atom stereocenters. The van der Waals surface area contributed by atoms with Crippen molar-refractivity contribution in [1.82, 2.24) is 39.0 Å². The van der Waals surface area contributed by atoms with Crippen LogP contribution in [-0.2, 0) is 70.3 Å². The lowest BCUT2D eigenvalue weighted by Crippen LogP contribution is -2.45. The van der Waals surface area contributed by atoms with E-state index in [1.807, 2.05) is 0 Å². The van der Waals surface area contributed by atoms with Crippen molar-refractivity contribution in [3.63, 3.8) is 0 Å². The zero-order valence-electron chi connectivity index (χ0n) is 77.7. The zero-order chi connectivity index (χ0) is 90.3. The Morgan fingerprint density at radius 3 is 1.00 bits per heavy atom. The minimum atomic E-state index is -1.79. The summed E-state index contributed by atoms with van der Waals surface area (Å²) in [6.07, 6.45) is 71.3. The van der Waals surface area contributed by atoms with E-state index >= 15 is 0 Å². The number of carbonyl (C=O) groups excluding carboxylic acids is 6. The Kier molecular flexibility index (Phi) is 52.4. The van der Waals surface area contributed by atoms with Crippen LogP contribution in [0.5, 0.6) is 0 Å². The number of unbranched alkanes of at least 4 members (excludes halogenated alkanes) is 44. The molecule has 4 N–H and O–H groups in total. The highest BCUT2D eigenvalue weighted by Gasteiger charge is 2.54. The number of imidazole rings is 2. The Labute approximate surface area is 760 Å². The first kappa shape index (κ1) is 107. The minimum absolute atomic E-state index is 0. The SMILES string of the molecule is C.C#C[C@]1(COC(=O)CCCCCCCCCCCCC)O[C@@H](n2cnc3c(N)nc(C)nc32)C[C@@H]1OC(=O)CCCCCCCCCCCCC.C#C[C@]1(COC(=O)c2ccccc2COC(=O)CCCCCCCCCCCCCCC)O[C@@H](n2cnc3c(N)nc(C)nc32)C[C@@H]1OC(=O)c1ccccc1COC(=O)CCCCCCCCCCCCCCC. The van der Waals surface area contributed by atoms with E-state index in [0.717, 1.165) is 77.0 Å². The van der Waals surface area contributed by atoms with E-state index in [9.17, 15) is 28.8 Å². The van der Waals surface area contributed by atoms with Gasteiger partial charge >= 0.3 is 35.8 Å². The summed E-state index contributed by atoms with van der Waals surface area (Å²) in [5.74, 6) is 3.92. The molecule has 2 saturated heterocycles. The van der Waals surface area contributed by atoms with Gasteiger partial charge in [0.1, 0.15) is 67.7 Å². The summed E-state index contributed by atoms with van der Waals surface area (Å²) in [6.45, 7) is 11.5. The number of ether oxygens (including phenoxy) is 8. The van der Waals surface area contributed by atoms with Gasteiger partial charge in [-0.25, -0.2) is 39.5 Å². The van der Waals surface area contributed by atoms with Crippen LogP contribution in [0.15, 0.2) is 61.2 Å². The number of aromatic nitrogens is 8. The van der Waals surface area contributed by atoms with Gasteiger partial charge in [-0.05, 0) is 51.7 Å². The van der Waals surface area contributed by atoms with Gasteiger partial charge in [-0.1, -0.05) is 366 Å². The number of nitrogens with two attached hydrogens (primary N) is 2. The van der Waals surface area contributed by atoms with Gasteiger partial charge in [0.2, 0.25) is 11.2 Å². The molecule has 6 atom stereocenters. The molecule has 2 aromatic carbocycles. The van der Waals surface area contributed by atoms with Crippen molar-refractivity contribution in [2.75, 3.05) is 24.7 Å². The Morgan fingerprint density at radius 2 is 0.669 bits per heavy atom. The Bertz CT molecular complexity index is 4240. The molecule has 6 heterocycles. The van der Waals surface area contributed by atoms with Gasteiger partial charge in [0.25, 0.3) is 0 Å². The largest absolute Gasteiger partial charge is 0.461 e. The second-order valence-electron chi connectivity index (χ2n) is 34.9. The molecule has 2 fully saturated rings. The number of rotatable bonds is 66. The molecule has 24 nitrogen and oxygen atoms in total. The van der Waals surface area contributed by atoms with Crippen LogP contribution in [-0.4, -0.2) is 111 Å². The van der Waals surface area contributed by atoms with E-state index in [1.54, 1.807) is 77.8 Å². The van der Waals surface area contributed by atoms with Crippen molar-refractivity contribution >= 4 is 69.8 Å². The molecule has 4 aromatic heterocycles. The fourth-order valence-corrected chi connectivity index (χ4v) is 16.7. The topological polar surface area (TPSA) is 316 Å². The summed E-state index contributed by atoms with van der Waals surface area (Å²) in [5, 5.41) is 0. The van der Waals surface area contributed by atoms with E-state index in [4.69, 9.17) is 62.2 Å². The summed E-state index contributed by atoms with van der Waals surface area (Å²) >= 11 is 0. The van der Waals surface area contributed by atoms with Gasteiger partial charge in [0.05, 0.1) is 23.8 Å². The maximum atomic E-state index is 14.2. The van der Waals surface area contributed by atoms with E-state index in [0.29, 0.717) is 70.8 Å². The molecule has 8 rings (SSSR count). The predicted molar refractivity (Wildman–Crippen MR) is 504 cm³/mol. The van der Waals surface area contributed by atoms with Crippen molar-refractivity contribution in [3.8, 4) is 24.7 Å². The molecular formula is C103H158N10O14. The van der Waals surface area contributed by atoms with Crippen LogP contribution in [0.1, 0.15) is 438 Å². The molecule has 0 saturated carbocycles. The molecule has 2 aliphatic heterocycles. The van der Waals surface area contributed by atoms with Crippen molar-refractivity contribution < 1.29 is 66.7 Å². The molecule has 24 heteroatoms. The third-order valence-corrected chi connectivity index (χ3v) is 24.4. The van der Waals surface area contributed by atoms with E-state index in [-0.39, 0.29) is 86.7 Å². The summed E-state index contributed by atoms with van der Waals surface area (Å²) < 4.78 is 51.6. The van der Waals surface area contributed by atoms with Crippen LogP contribution in [0.3, 0.4) is 0 Å². The molecule has 6 aromatic rings. The Balaban J connectivity index is 0.000000418. The highest BCUT2D eigenvalue weighted by atomic mass is 16.6. The maximum Gasteiger partial charge on any atom is 0.338 e. The van der Waals surface area contributed by atoms with Crippen LogP contribution in [0.4, 0.5) is 11.6 Å². The Morgan fingerprint density at radius 1 is 0.386 bits per heavy atom. The van der Waals surface area contributed by atoms with Crippen LogP contribution in [0, 0.1) is 38.5 Å². The molecule has 127 heavy (non-hydrogen) atoms. The highest BCUT2D eigenvalue weighted by Crippen LogP contribution is 2.43. The van der Waals surface area contributed by atoms with Gasteiger partial charge in [-0.2, -0.15) is 0 Å². The summed E-state index contributed by atoms with van der Waals surface area (Å²) in [4.78, 5) is 106. The minimum Gasteiger partial charge on any atom is -0.461 e. The molecule has 704 valence electrons. The van der Waals surface area contributed by atoms with Crippen molar-refractivity contribution in [2.24, 2.45) is 0 Å². The van der Waals surface area contributed by atoms with E-state index < -0.39 is 54.4 Å². The number of nitrogens with zero attached hydrogens (tertiary/aromatic N) is 8. The van der Waals surface area contributed by atoms with Crippen molar-refractivity contribution in [1.29, 1.82) is 0 Å². The number of hydrogen-bond acceptors (Lipinski definition) is 22. The summed E-state index contributed by atoms with van der Waals surface area (Å²) in [7, 11) is 0. The predicted octanol–water partition coefficient (Wildman–Crippen LogP) is 24.6. The fraction of sp³-hybridized carbons (Fsp3) is 0.689. The monoisotopic (exact) mass is 1760 g/mol. The number of aryl methyl sites for hydroxylation is 2. The Hall–Kier alpha value is -9.00. The molecule has 0 amide bonds. The average molecular weight is 1760 g/mol. The third kappa shape index (κ3) is 38.3. The fourth-order valence-electron chi connectivity index (χ4n) is 16.7. The number of carbonyl (C=O) groups is 6. The van der Waals surface area contributed by atoms with E-state index in [2.05, 4.69) is 69.4 Å². The smallest absolute Gasteiger partial charge is 0.338 e. The van der Waals surface area contributed by atoms with Crippen LogP contribution >= 0.6 is 0 Å². The first-order valence-corrected chi connectivity index (χ1v) is 48.9. The average Bonchev–Trinajstić information content (AvgIpc) is 1.61. The zero-order valence-corrected chi connectivity index (χ0v) is 77.7. The van der Waals surface area contributed by atoms with Gasteiger partial charge in [0, 0.05) is 49.7 Å². The number of terminal acetylenes is 2. The third-order valence-electron chi connectivity index (χ3n) is 24.4. The lowest BCUT2D eigenvalue weighted by molar-refractivity contribution is -0.167. The van der Waals surface area contributed by atoms with Crippen LogP contribution in [0.25, 0.3) is 22.3 Å². The van der Waals surface area contributed by atoms with Crippen LogP contribution in [0.2, 0.25) is 0 Å². The molecular weight excluding hydrogens is 1600 g/mol. The van der Waals surface area contributed by atoms with Gasteiger partial charge < -0.3 is 49.4 Å². The number of anilines is 2. The highest BCUT2D eigenvalue weighted by molar-refractivity contribution is 5.92. The summed E-state index contributed by atoms with van der Waals surface area (Å²) in [5.41, 5.74) is 12.0. The van der Waals surface area contributed by atoms with E-state index in [1.165, 1.54) is 237 Å². The lowest BCUT2D eigenvalue weighted by atomic mass is 9.98. The van der Waals surface area contributed by atoms with Gasteiger partial charge in [-0.3, -0.25) is 28.3 Å². The normalized spacial score (nSPS) is 17.0. The van der Waals surface area contributed by atoms with Gasteiger partial charge in [-0.15, -0.1) is 12.8 Å². The lowest BCUT2D eigenvalue weighted by Gasteiger charge is -2.29. The molecule has 2 aliphatic rings. The molecule has 0 spiro atoms. The first-order chi connectivity index (χ1) is 61.4. The standard InChI is InChI=1S/C61H87N5O9.C41H67N5O5.CH4/c1-5-8-10-12-14-16-18-20-22-24-26-28-30-40-54(67)71-43-48-36-32-34-38-50(48)59(69)73-45-61(7-3)52(42-53(75-61)66-46-63-56-57(62)64-47(4)65-58(56)66)74-60(70)51-39-35-33-37-49(51)44-72-55(68)41-31-29-27-25-23-21-19-17-15-13-11-9-6-2;1-5-8-10-12-14-16-18-20-22-24-26-28-36(47)49-31-41(7-3)34(50-37(48)29-27-25-23-21-19-17-15-13-11-9-6-2)30-35(51-41)46-32-43-38-39(42)44-33(4)45-40(38)46;/h3,32-39,46,52-53H,5-6,8-31,40-45H2,1-2,4H3,(H2,62,64,65);3,32,34-35H,5-6,8-31H2,1-2,4H3,(H2,42,44,45);1H4/t52-,53+,61+;34-,35+,41+;/m00./s1. The number of esters is 6. The van der Waals surface area contributed by atoms with Crippen molar-refractivity contribution in [2.45, 2.75) is 445 Å². The first-order valence-electron chi connectivity index (χ1n) is 48.9. The number of nitrogen functional groups attached to an aromatic ring is 2. The summed E-state index contributed by atoms with van der Waals surface area (Å²) in [6, 6.07) is 13.5. The quantitative estimate of drug-likeness (QED) is 0.0155.